The van der Waals surface area contributed by atoms with Crippen LogP contribution in [0.1, 0.15) is 24.8 Å². The van der Waals surface area contributed by atoms with Crippen LogP contribution in [0.5, 0.6) is 0 Å². The normalized spacial score (nSPS) is 22.4. The van der Waals surface area contributed by atoms with Gasteiger partial charge in [0, 0.05) is 28.9 Å². The number of pyridine rings is 1. The molecule has 1 fully saturated rings. The van der Waals surface area contributed by atoms with Gasteiger partial charge in [0.2, 0.25) is 0 Å². The van der Waals surface area contributed by atoms with Gasteiger partial charge in [-0.1, -0.05) is 36.4 Å². The Morgan fingerprint density at radius 1 is 1.11 bits per heavy atom. The molecule has 4 nitrogen and oxygen atoms in total. The Bertz CT molecular complexity index is 1120. The standard InChI is InChI=1S/C22H18FN3O/c1-14-22(23)13-17(22)20-18(27)12-19(25-15-8-4-2-5-9-15)26(21(20)24-14)16-10-6-3-7-11-16/h2-12,17,25H,13H2,1H3. The van der Waals surface area contributed by atoms with E-state index >= 15 is 0 Å². The molecule has 1 aliphatic heterocycles. The fraction of sp³-hybridized carbons (Fsp3) is 0.182. The van der Waals surface area contributed by atoms with Crippen molar-refractivity contribution in [2.24, 2.45) is 4.99 Å². The van der Waals surface area contributed by atoms with E-state index in [1.807, 2.05) is 65.2 Å². The minimum absolute atomic E-state index is 0.170. The van der Waals surface area contributed by atoms with Crippen molar-refractivity contribution in [2.75, 3.05) is 5.32 Å². The fourth-order valence-corrected chi connectivity index (χ4v) is 3.87. The first-order valence-corrected chi connectivity index (χ1v) is 9.00. The summed E-state index contributed by atoms with van der Waals surface area (Å²) in [6.07, 6.45) is 0.338. The number of fused-ring (bicyclic) bond motifs is 3. The molecule has 0 radical (unpaired) electrons. The largest absolute Gasteiger partial charge is 0.341 e. The maximum absolute atomic E-state index is 14.9. The first-order chi connectivity index (χ1) is 13.1. The van der Waals surface area contributed by atoms with Gasteiger partial charge in [-0.3, -0.25) is 9.36 Å². The smallest absolute Gasteiger partial charge is 0.189 e. The first-order valence-electron chi connectivity index (χ1n) is 9.00. The lowest BCUT2D eigenvalue weighted by molar-refractivity contribution is 0.390. The summed E-state index contributed by atoms with van der Waals surface area (Å²) in [4.78, 5) is 17.4. The number of rotatable bonds is 3. The van der Waals surface area contributed by atoms with Crippen LogP contribution < -0.4 is 10.7 Å². The lowest BCUT2D eigenvalue weighted by atomic mass is 10.0. The fourth-order valence-electron chi connectivity index (χ4n) is 3.87. The van der Waals surface area contributed by atoms with Crippen LogP contribution in [-0.2, 0) is 0 Å². The highest BCUT2D eigenvalue weighted by Gasteiger charge is 2.62. The van der Waals surface area contributed by atoms with Gasteiger partial charge in [0.15, 0.2) is 11.1 Å². The van der Waals surface area contributed by atoms with E-state index in [4.69, 9.17) is 0 Å². The summed E-state index contributed by atoms with van der Waals surface area (Å²) in [5.41, 5.74) is 1.04. The van der Waals surface area contributed by atoms with Gasteiger partial charge >= 0.3 is 0 Å². The molecule has 1 N–H and O–H groups in total. The van der Waals surface area contributed by atoms with E-state index in [0.29, 0.717) is 29.3 Å². The summed E-state index contributed by atoms with van der Waals surface area (Å²) in [6.45, 7) is 1.71. The number of hydrogen-bond donors (Lipinski definition) is 1. The molecular weight excluding hydrogens is 341 g/mol. The molecule has 0 saturated heterocycles. The minimum atomic E-state index is -1.45. The second-order valence-corrected chi connectivity index (χ2v) is 7.11. The number of aliphatic imine (C=N–C) groups is 1. The summed E-state index contributed by atoms with van der Waals surface area (Å²) < 4.78 is 16.8. The van der Waals surface area contributed by atoms with Gasteiger partial charge < -0.3 is 5.32 Å². The maximum Gasteiger partial charge on any atom is 0.189 e. The number of nitrogens with zero attached hydrogens (tertiary/aromatic N) is 2. The zero-order chi connectivity index (χ0) is 18.6. The Balaban J connectivity index is 1.77. The molecule has 0 spiro atoms. The van der Waals surface area contributed by atoms with Crippen molar-refractivity contribution < 1.29 is 4.39 Å². The Hall–Kier alpha value is -3.21. The molecular formula is C22H18FN3O. The molecule has 5 rings (SSSR count). The van der Waals surface area contributed by atoms with Crippen molar-refractivity contribution in [2.45, 2.75) is 24.9 Å². The van der Waals surface area contributed by atoms with Crippen LogP contribution in [0.25, 0.3) is 5.69 Å². The third-order valence-electron chi connectivity index (χ3n) is 5.40. The lowest BCUT2D eigenvalue weighted by Crippen LogP contribution is -2.25. The lowest BCUT2D eigenvalue weighted by Gasteiger charge is -2.24. The quantitative estimate of drug-likeness (QED) is 0.724. The number of aromatic nitrogens is 1. The van der Waals surface area contributed by atoms with Crippen molar-refractivity contribution in [1.82, 2.24) is 4.57 Å². The molecule has 27 heavy (non-hydrogen) atoms. The summed E-state index contributed by atoms with van der Waals surface area (Å²) in [5.74, 6) is 0.748. The van der Waals surface area contributed by atoms with E-state index in [2.05, 4.69) is 10.3 Å². The average molecular weight is 359 g/mol. The second kappa shape index (κ2) is 5.64. The van der Waals surface area contributed by atoms with Crippen molar-refractivity contribution in [1.29, 1.82) is 0 Å². The van der Waals surface area contributed by atoms with Crippen LogP contribution in [0.15, 0.2) is 76.5 Å². The van der Waals surface area contributed by atoms with Crippen LogP contribution in [-0.4, -0.2) is 15.9 Å². The van der Waals surface area contributed by atoms with Gasteiger partial charge in [0.1, 0.15) is 11.6 Å². The van der Waals surface area contributed by atoms with Crippen LogP contribution in [0.3, 0.4) is 0 Å². The van der Waals surface area contributed by atoms with Crippen molar-refractivity contribution in [3.05, 3.63) is 82.5 Å². The summed E-state index contributed by atoms with van der Waals surface area (Å²) in [7, 11) is 0. The van der Waals surface area contributed by atoms with E-state index in [1.165, 1.54) is 0 Å². The Kier molecular flexibility index (Phi) is 3.34. The Labute approximate surface area is 156 Å². The topological polar surface area (TPSA) is 46.4 Å². The highest BCUT2D eigenvalue weighted by molar-refractivity contribution is 5.99. The van der Waals surface area contributed by atoms with Crippen LogP contribution in [0, 0.1) is 0 Å². The highest BCUT2D eigenvalue weighted by atomic mass is 19.1. The average Bonchev–Trinajstić information content (AvgIpc) is 3.37. The van der Waals surface area contributed by atoms with Crippen LogP contribution in [0.4, 0.5) is 21.7 Å². The van der Waals surface area contributed by atoms with E-state index in [-0.39, 0.29) is 5.43 Å². The zero-order valence-corrected chi connectivity index (χ0v) is 14.8. The van der Waals surface area contributed by atoms with E-state index in [0.717, 1.165) is 11.4 Å². The van der Waals surface area contributed by atoms with Crippen molar-refractivity contribution in [3.63, 3.8) is 0 Å². The summed E-state index contributed by atoms with van der Waals surface area (Å²) >= 11 is 0. The Morgan fingerprint density at radius 2 is 1.78 bits per heavy atom. The first kappa shape index (κ1) is 16.0. The molecule has 1 aromatic heterocycles. The highest BCUT2D eigenvalue weighted by Crippen LogP contribution is 2.59. The van der Waals surface area contributed by atoms with Crippen LogP contribution in [0.2, 0.25) is 0 Å². The zero-order valence-electron chi connectivity index (χ0n) is 14.8. The van der Waals surface area contributed by atoms with Gasteiger partial charge in [0.25, 0.3) is 0 Å². The van der Waals surface area contributed by atoms with Gasteiger partial charge in [-0.25, -0.2) is 9.38 Å². The maximum atomic E-state index is 14.9. The van der Waals surface area contributed by atoms with Gasteiger partial charge in [-0.15, -0.1) is 0 Å². The van der Waals surface area contributed by atoms with Gasteiger partial charge in [0.05, 0.1) is 5.71 Å². The van der Waals surface area contributed by atoms with Crippen molar-refractivity contribution in [3.8, 4) is 5.69 Å². The molecule has 2 aromatic carbocycles. The Morgan fingerprint density at radius 3 is 2.48 bits per heavy atom. The number of benzene rings is 2. The van der Waals surface area contributed by atoms with Crippen molar-refractivity contribution >= 4 is 23.0 Å². The minimum Gasteiger partial charge on any atom is -0.341 e. The molecule has 2 heterocycles. The summed E-state index contributed by atoms with van der Waals surface area (Å²) in [5, 5.41) is 3.31. The number of alkyl halides is 1. The molecule has 2 aliphatic rings. The predicted molar refractivity (Wildman–Crippen MR) is 106 cm³/mol. The van der Waals surface area contributed by atoms with Crippen LogP contribution >= 0.6 is 0 Å². The SMILES string of the molecule is CC1=Nc2c(c(=O)cc(Nc3ccccc3)n2-c2ccccc2)C2CC12F. The molecule has 2 atom stereocenters. The monoisotopic (exact) mass is 359 g/mol. The molecule has 1 saturated carbocycles. The van der Waals surface area contributed by atoms with Gasteiger partial charge in [-0.05, 0) is 37.6 Å². The van der Waals surface area contributed by atoms with Gasteiger partial charge in [-0.2, -0.15) is 0 Å². The third kappa shape index (κ3) is 2.42. The molecule has 3 aromatic rings. The van der Waals surface area contributed by atoms with E-state index in [1.54, 1.807) is 13.0 Å². The molecule has 0 amide bonds. The number of halogens is 1. The second-order valence-electron chi connectivity index (χ2n) is 7.11. The number of nitrogens with one attached hydrogen (secondary N) is 1. The number of para-hydroxylation sites is 2. The number of anilines is 2. The molecule has 0 bridgehead atoms. The molecule has 1 aliphatic carbocycles. The van der Waals surface area contributed by atoms with E-state index < -0.39 is 11.6 Å². The molecule has 5 heteroatoms. The number of hydrogen-bond acceptors (Lipinski definition) is 3. The predicted octanol–water partition coefficient (Wildman–Crippen LogP) is 4.88. The molecule has 2 unspecified atom stereocenters. The summed E-state index contributed by atoms with van der Waals surface area (Å²) in [6, 6.07) is 20.9. The third-order valence-corrected chi connectivity index (χ3v) is 5.40. The molecule has 134 valence electrons. The van der Waals surface area contributed by atoms with E-state index in [9.17, 15) is 9.18 Å².